The molecule has 0 saturated heterocycles. The fourth-order valence-electron chi connectivity index (χ4n) is 1.29. The van der Waals surface area contributed by atoms with Gasteiger partial charge in [-0.05, 0) is 30.5 Å². The standard InChI is InChI=1S/C12H16BrNO/c1-9-3-4-11(7-10(9)2)8-14-12(15)5-6-13/h3-4,7H,5-6,8H2,1-2H3,(H,14,15). The van der Waals surface area contributed by atoms with Gasteiger partial charge in [0.25, 0.3) is 0 Å². The predicted molar refractivity (Wildman–Crippen MR) is 66.2 cm³/mol. The zero-order chi connectivity index (χ0) is 11.3. The smallest absolute Gasteiger partial charge is 0.221 e. The number of halogens is 1. The molecule has 0 aromatic heterocycles. The second-order valence-electron chi connectivity index (χ2n) is 3.63. The quantitative estimate of drug-likeness (QED) is 0.837. The molecule has 0 aliphatic rings. The lowest BCUT2D eigenvalue weighted by Crippen LogP contribution is -2.22. The van der Waals surface area contributed by atoms with Gasteiger partial charge in [0, 0.05) is 18.3 Å². The van der Waals surface area contributed by atoms with Gasteiger partial charge in [-0.1, -0.05) is 34.1 Å². The van der Waals surface area contributed by atoms with E-state index < -0.39 is 0 Å². The topological polar surface area (TPSA) is 29.1 Å². The van der Waals surface area contributed by atoms with Crippen LogP contribution in [0.25, 0.3) is 0 Å². The molecule has 0 saturated carbocycles. The van der Waals surface area contributed by atoms with Crippen molar-refractivity contribution < 1.29 is 4.79 Å². The molecule has 82 valence electrons. The lowest BCUT2D eigenvalue weighted by atomic mass is 10.1. The normalized spacial score (nSPS) is 10.1. The minimum absolute atomic E-state index is 0.0881. The van der Waals surface area contributed by atoms with Crippen LogP contribution in [0.15, 0.2) is 18.2 Å². The highest BCUT2D eigenvalue weighted by Crippen LogP contribution is 2.09. The summed E-state index contributed by atoms with van der Waals surface area (Å²) in [5.74, 6) is 0.0881. The van der Waals surface area contributed by atoms with Crippen LogP contribution >= 0.6 is 15.9 Å². The molecule has 1 N–H and O–H groups in total. The Bertz CT molecular complexity index is 349. The molecule has 0 atom stereocenters. The van der Waals surface area contributed by atoms with Crippen LogP contribution in [-0.4, -0.2) is 11.2 Å². The average molecular weight is 270 g/mol. The monoisotopic (exact) mass is 269 g/mol. The van der Waals surface area contributed by atoms with Crippen molar-refractivity contribution in [3.05, 3.63) is 34.9 Å². The van der Waals surface area contributed by atoms with Crippen LogP contribution in [0.1, 0.15) is 23.1 Å². The van der Waals surface area contributed by atoms with Crippen LogP contribution in [-0.2, 0) is 11.3 Å². The molecule has 0 heterocycles. The highest BCUT2D eigenvalue weighted by atomic mass is 79.9. The third-order valence-corrected chi connectivity index (χ3v) is 2.78. The number of amides is 1. The lowest BCUT2D eigenvalue weighted by Gasteiger charge is -2.06. The first-order valence-electron chi connectivity index (χ1n) is 5.02. The summed E-state index contributed by atoms with van der Waals surface area (Å²) in [6, 6.07) is 6.25. The molecule has 1 rings (SSSR count). The molecular formula is C12H16BrNO. The van der Waals surface area contributed by atoms with Crippen molar-refractivity contribution in [3.8, 4) is 0 Å². The number of alkyl halides is 1. The maximum atomic E-state index is 11.2. The van der Waals surface area contributed by atoms with Crippen LogP contribution in [0, 0.1) is 13.8 Å². The Kier molecular flexibility index (Phi) is 4.82. The first-order chi connectivity index (χ1) is 7.13. The summed E-state index contributed by atoms with van der Waals surface area (Å²) in [6.07, 6.45) is 0.533. The van der Waals surface area contributed by atoms with Gasteiger partial charge in [-0.3, -0.25) is 4.79 Å². The third kappa shape index (κ3) is 4.04. The zero-order valence-electron chi connectivity index (χ0n) is 9.14. The van der Waals surface area contributed by atoms with Gasteiger partial charge >= 0.3 is 0 Å². The summed E-state index contributed by atoms with van der Waals surface area (Å²) >= 11 is 3.24. The summed E-state index contributed by atoms with van der Waals surface area (Å²) in [5.41, 5.74) is 3.70. The van der Waals surface area contributed by atoms with E-state index in [0.29, 0.717) is 18.3 Å². The van der Waals surface area contributed by atoms with Crippen LogP contribution in [0.4, 0.5) is 0 Å². The Balaban J connectivity index is 2.51. The molecule has 0 unspecified atom stereocenters. The molecule has 0 spiro atoms. The number of benzene rings is 1. The Labute approximate surface area is 99.2 Å². The summed E-state index contributed by atoms with van der Waals surface area (Å²) < 4.78 is 0. The number of nitrogens with one attached hydrogen (secondary N) is 1. The number of carbonyl (C=O) groups excluding carboxylic acids is 1. The van der Waals surface area contributed by atoms with Crippen molar-refractivity contribution in [2.45, 2.75) is 26.8 Å². The van der Waals surface area contributed by atoms with E-state index in [2.05, 4.69) is 53.3 Å². The second kappa shape index (κ2) is 5.91. The van der Waals surface area contributed by atoms with Crippen molar-refractivity contribution in [2.24, 2.45) is 0 Å². The second-order valence-corrected chi connectivity index (χ2v) is 4.43. The minimum atomic E-state index is 0.0881. The summed E-state index contributed by atoms with van der Waals surface area (Å²) in [5, 5.41) is 3.59. The van der Waals surface area contributed by atoms with E-state index in [4.69, 9.17) is 0 Å². The Morgan fingerprint density at radius 1 is 1.33 bits per heavy atom. The van der Waals surface area contributed by atoms with Crippen molar-refractivity contribution >= 4 is 21.8 Å². The highest BCUT2D eigenvalue weighted by molar-refractivity contribution is 9.09. The van der Waals surface area contributed by atoms with Gasteiger partial charge < -0.3 is 5.32 Å². The highest BCUT2D eigenvalue weighted by Gasteiger charge is 2.00. The van der Waals surface area contributed by atoms with Crippen LogP contribution in [0.3, 0.4) is 0 Å². The molecule has 1 amide bonds. The van der Waals surface area contributed by atoms with E-state index >= 15 is 0 Å². The van der Waals surface area contributed by atoms with E-state index in [9.17, 15) is 4.79 Å². The lowest BCUT2D eigenvalue weighted by molar-refractivity contribution is -0.120. The summed E-state index contributed by atoms with van der Waals surface area (Å²) in [7, 11) is 0. The number of hydrogen-bond donors (Lipinski definition) is 1. The van der Waals surface area contributed by atoms with E-state index in [0.717, 1.165) is 5.56 Å². The Morgan fingerprint density at radius 3 is 2.67 bits per heavy atom. The Hall–Kier alpha value is -0.830. The molecule has 0 aliphatic heterocycles. The maximum absolute atomic E-state index is 11.2. The molecule has 3 heteroatoms. The van der Waals surface area contributed by atoms with Gasteiger partial charge in [-0.15, -0.1) is 0 Å². The van der Waals surface area contributed by atoms with E-state index in [1.165, 1.54) is 11.1 Å². The average Bonchev–Trinajstić information content (AvgIpc) is 2.20. The number of rotatable bonds is 4. The first kappa shape index (κ1) is 12.2. The Morgan fingerprint density at radius 2 is 2.07 bits per heavy atom. The van der Waals surface area contributed by atoms with Gasteiger partial charge in [-0.2, -0.15) is 0 Å². The number of carbonyl (C=O) groups is 1. The molecule has 0 bridgehead atoms. The van der Waals surface area contributed by atoms with E-state index in [-0.39, 0.29) is 5.91 Å². The van der Waals surface area contributed by atoms with E-state index in [1.807, 2.05) is 0 Å². The van der Waals surface area contributed by atoms with E-state index in [1.54, 1.807) is 0 Å². The largest absolute Gasteiger partial charge is 0.352 e. The molecular weight excluding hydrogens is 254 g/mol. The van der Waals surface area contributed by atoms with Crippen LogP contribution in [0.5, 0.6) is 0 Å². The van der Waals surface area contributed by atoms with Gasteiger partial charge in [-0.25, -0.2) is 0 Å². The molecule has 0 fully saturated rings. The minimum Gasteiger partial charge on any atom is -0.352 e. The fraction of sp³-hybridized carbons (Fsp3) is 0.417. The van der Waals surface area contributed by atoms with Gasteiger partial charge in [0.15, 0.2) is 0 Å². The third-order valence-electron chi connectivity index (χ3n) is 2.38. The van der Waals surface area contributed by atoms with Gasteiger partial charge in [0.2, 0.25) is 5.91 Å². The van der Waals surface area contributed by atoms with Crippen molar-refractivity contribution in [1.82, 2.24) is 5.32 Å². The molecule has 0 radical (unpaired) electrons. The van der Waals surface area contributed by atoms with Crippen molar-refractivity contribution in [2.75, 3.05) is 5.33 Å². The summed E-state index contributed by atoms with van der Waals surface area (Å²) in [4.78, 5) is 11.2. The zero-order valence-corrected chi connectivity index (χ0v) is 10.7. The molecule has 1 aromatic rings. The van der Waals surface area contributed by atoms with Gasteiger partial charge in [0.05, 0.1) is 0 Å². The first-order valence-corrected chi connectivity index (χ1v) is 6.14. The molecule has 15 heavy (non-hydrogen) atoms. The fourth-order valence-corrected chi connectivity index (χ4v) is 1.65. The SMILES string of the molecule is Cc1ccc(CNC(=O)CCBr)cc1C. The van der Waals surface area contributed by atoms with Crippen molar-refractivity contribution in [1.29, 1.82) is 0 Å². The van der Waals surface area contributed by atoms with Crippen LogP contribution < -0.4 is 5.32 Å². The maximum Gasteiger partial charge on any atom is 0.221 e. The summed E-state index contributed by atoms with van der Waals surface area (Å²) in [6.45, 7) is 4.79. The molecule has 2 nitrogen and oxygen atoms in total. The molecule has 0 aliphatic carbocycles. The van der Waals surface area contributed by atoms with Crippen LogP contribution in [0.2, 0.25) is 0 Å². The number of hydrogen-bond acceptors (Lipinski definition) is 1. The molecule has 1 aromatic carbocycles. The van der Waals surface area contributed by atoms with Crippen molar-refractivity contribution in [3.63, 3.8) is 0 Å². The van der Waals surface area contributed by atoms with Gasteiger partial charge in [0.1, 0.15) is 0 Å². The number of aryl methyl sites for hydroxylation is 2. The predicted octanol–water partition coefficient (Wildman–Crippen LogP) is 2.70.